The number of methoxy groups -OCH3 is 2. The Morgan fingerprint density at radius 2 is 1.86 bits per heavy atom. The number of benzene rings is 2. The van der Waals surface area contributed by atoms with E-state index in [4.69, 9.17) is 18.9 Å². The molecule has 1 atom stereocenters. The number of esters is 1. The van der Waals surface area contributed by atoms with Crippen LogP contribution in [0.2, 0.25) is 0 Å². The van der Waals surface area contributed by atoms with Crippen LogP contribution in [0.25, 0.3) is 6.08 Å². The fraction of sp³-hybridized carbons (Fsp3) is 0.250. The summed E-state index contributed by atoms with van der Waals surface area (Å²) < 4.78 is 23.7. The molecule has 1 aliphatic heterocycles. The quantitative estimate of drug-likeness (QED) is 0.318. The summed E-state index contributed by atoms with van der Waals surface area (Å²) in [6, 6.07) is 12.0. The van der Waals surface area contributed by atoms with Crippen LogP contribution in [0.4, 0.5) is 0 Å². The summed E-state index contributed by atoms with van der Waals surface area (Å²) in [6.07, 6.45) is 3.44. The predicted octanol–water partition coefficient (Wildman–Crippen LogP) is 3.38. The highest BCUT2D eigenvalue weighted by Crippen LogP contribution is 2.32. The van der Waals surface area contributed by atoms with Gasteiger partial charge in [-0.3, -0.25) is 9.36 Å². The SMILES string of the molecule is C=CCOc1ccc(C2C(C(=O)OCC)=C(C)N=c3sc(=Cc4ccc(OC)c(OC)c4)c(=O)n32)cc1. The van der Waals surface area contributed by atoms with Crippen LogP contribution >= 0.6 is 11.3 Å². The molecule has 0 bridgehead atoms. The van der Waals surface area contributed by atoms with Gasteiger partial charge in [0.15, 0.2) is 16.3 Å². The van der Waals surface area contributed by atoms with Gasteiger partial charge in [0.05, 0.1) is 42.7 Å². The minimum Gasteiger partial charge on any atom is -0.493 e. The van der Waals surface area contributed by atoms with Crippen molar-refractivity contribution in [2.45, 2.75) is 19.9 Å². The maximum Gasteiger partial charge on any atom is 0.338 e. The predicted molar refractivity (Wildman–Crippen MR) is 142 cm³/mol. The summed E-state index contributed by atoms with van der Waals surface area (Å²) in [7, 11) is 3.13. The molecule has 8 nitrogen and oxygen atoms in total. The molecule has 1 unspecified atom stereocenters. The molecule has 3 aromatic rings. The zero-order valence-corrected chi connectivity index (χ0v) is 22.0. The van der Waals surface area contributed by atoms with Gasteiger partial charge in [-0.05, 0) is 55.3 Å². The lowest BCUT2D eigenvalue weighted by Crippen LogP contribution is -2.39. The molecular formula is C28H28N2O6S. The molecule has 0 aliphatic carbocycles. The molecule has 0 radical (unpaired) electrons. The van der Waals surface area contributed by atoms with Gasteiger partial charge in [-0.2, -0.15) is 0 Å². The number of ether oxygens (including phenoxy) is 4. The number of allylic oxidation sites excluding steroid dienone is 1. The first-order valence-corrected chi connectivity index (χ1v) is 12.5. The van der Waals surface area contributed by atoms with E-state index in [9.17, 15) is 9.59 Å². The first kappa shape index (κ1) is 26.0. The normalized spacial score (nSPS) is 15.0. The van der Waals surface area contributed by atoms with E-state index in [0.29, 0.717) is 44.5 Å². The number of hydrogen-bond donors (Lipinski definition) is 0. The van der Waals surface area contributed by atoms with Crippen molar-refractivity contribution < 1.29 is 23.7 Å². The standard InChI is InChI=1S/C28H28N2O6S/c1-6-14-36-20-11-9-19(10-12-20)25-24(27(32)35-7-2)17(3)29-28-30(25)26(31)23(37-28)16-18-8-13-21(33-4)22(15-18)34-5/h6,8-13,15-16,25H,1,7,14H2,2-5H3. The molecule has 1 aromatic heterocycles. The number of aromatic nitrogens is 1. The molecule has 2 aromatic carbocycles. The van der Waals surface area contributed by atoms with E-state index in [0.717, 1.165) is 11.1 Å². The topological polar surface area (TPSA) is 88.4 Å². The molecule has 37 heavy (non-hydrogen) atoms. The van der Waals surface area contributed by atoms with Gasteiger partial charge in [0.2, 0.25) is 0 Å². The van der Waals surface area contributed by atoms with E-state index in [1.165, 1.54) is 11.3 Å². The number of rotatable bonds is 9. The fourth-order valence-corrected chi connectivity index (χ4v) is 5.15. The Morgan fingerprint density at radius 3 is 2.51 bits per heavy atom. The van der Waals surface area contributed by atoms with Gasteiger partial charge in [-0.25, -0.2) is 9.79 Å². The van der Waals surface area contributed by atoms with E-state index in [2.05, 4.69) is 11.6 Å². The molecular weight excluding hydrogens is 492 g/mol. The molecule has 0 amide bonds. The van der Waals surface area contributed by atoms with Crippen molar-refractivity contribution in [3.63, 3.8) is 0 Å². The molecule has 2 heterocycles. The lowest BCUT2D eigenvalue weighted by atomic mass is 9.96. The van der Waals surface area contributed by atoms with Crippen LogP contribution in [0.1, 0.15) is 31.0 Å². The molecule has 0 N–H and O–H groups in total. The summed E-state index contributed by atoms with van der Waals surface area (Å²) in [4.78, 5) is 31.9. The maximum absolute atomic E-state index is 13.7. The highest BCUT2D eigenvalue weighted by molar-refractivity contribution is 7.07. The maximum atomic E-state index is 13.7. The number of carbonyl (C=O) groups excluding carboxylic acids is 1. The van der Waals surface area contributed by atoms with Gasteiger partial charge in [0.25, 0.3) is 5.56 Å². The molecule has 4 rings (SSSR count). The van der Waals surface area contributed by atoms with Crippen molar-refractivity contribution >= 4 is 23.4 Å². The Kier molecular flexibility index (Phi) is 7.93. The first-order chi connectivity index (χ1) is 17.9. The zero-order valence-electron chi connectivity index (χ0n) is 21.1. The third-order valence-electron chi connectivity index (χ3n) is 5.79. The summed E-state index contributed by atoms with van der Waals surface area (Å²) in [5.41, 5.74) is 2.08. The van der Waals surface area contributed by atoms with Crippen LogP contribution in [-0.4, -0.2) is 38.0 Å². The summed E-state index contributed by atoms with van der Waals surface area (Å²) in [6.45, 7) is 7.74. The van der Waals surface area contributed by atoms with Crippen molar-refractivity contribution in [2.75, 3.05) is 27.4 Å². The van der Waals surface area contributed by atoms with Crippen molar-refractivity contribution in [1.29, 1.82) is 0 Å². The van der Waals surface area contributed by atoms with Gasteiger partial charge in [-0.1, -0.05) is 42.2 Å². The average Bonchev–Trinajstić information content (AvgIpc) is 3.21. The first-order valence-electron chi connectivity index (χ1n) is 11.7. The molecule has 192 valence electrons. The second-order valence-corrected chi connectivity index (χ2v) is 9.09. The van der Waals surface area contributed by atoms with Gasteiger partial charge in [0.1, 0.15) is 12.4 Å². The Balaban J connectivity index is 1.87. The molecule has 0 saturated heterocycles. The molecule has 9 heteroatoms. The second-order valence-electron chi connectivity index (χ2n) is 8.09. The fourth-order valence-electron chi connectivity index (χ4n) is 4.10. The van der Waals surface area contributed by atoms with Gasteiger partial charge in [-0.15, -0.1) is 0 Å². The van der Waals surface area contributed by atoms with E-state index in [1.54, 1.807) is 69.1 Å². The molecule has 1 aliphatic rings. The van der Waals surface area contributed by atoms with E-state index < -0.39 is 12.0 Å². The molecule has 0 saturated carbocycles. The Bertz CT molecular complexity index is 1530. The van der Waals surface area contributed by atoms with Crippen molar-refractivity contribution in [3.05, 3.63) is 97.2 Å². The van der Waals surface area contributed by atoms with Crippen molar-refractivity contribution in [1.82, 2.24) is 4.57 Å². The number of fused-ring (bicyclic) bond motifs is 1. The van der Waals surface area contributed by atoms with Crippen molar-refractivity contribution in [2.24, 2.45) is 4.99 Å². The number of carbonyl (C=O) groups is 1. The number of hydrogen-bond acceptors (Lipinski definition) is 8. The van der Waals surface area contributed by atoms with Crippen LogP contribution in [0, 0.1) is 0 Å². The van der Waals surface area contributed by atoms with Gasteiger partial charge in [0, 0.05) is 0 Å². The monoisotopic (exact) mass is 520 g/mol. The van der Waals surface area contributed by atoms with E-state index >= 15 is 0 Å². The second kappa shape index (κ2) is 11.3. The Hall–Kier alpha value is -4.11. The minimum absolute atomic E-state index is 0.209. The lowest BCUT2D eigenvalue weighted by Gasteiger charge is -2.24. The number of thiazole rings is 1. The van der Waals surface area contributed by atoms with E-state index in [-0.39, 0.29) is 12.2 Å². The van der Waals surface area contributed by atoms with Crippen LogP contribution < -0.4 is 29.1 Å². The van der Waals surface area contributed by atoms with Gasteiger partial charge < -0.3 is 18.9 Å². The minimum atomic E-state index is -0.698. The van der Waals surface area contributed by atoms with Crippen LogP contribution in [-0.2, 0) is 9.53 Å². The van der Waals surface area contributed by atoms with Crippen LogP contribution in [0.3, 0.4) is 0 Å². The lowest BCUT2D eigenvalue weighted by molar-refractivity contribution is -0.139. The highest BCUT2D eigenvalue weighted by atomic mass is 32.1. The average molecular weight is 521 g/mol. The van der Waals surface area contributed by atoms with Gasteiger partial charge >= 0.3 is 5.97 Å². The third-order valence-corrected chi connectivity index (χ3v) is 6.77. The molecule has 0 spiro atoms. The summed E-state index contributed by atoms with van der Waals surface area (Å²) in [5, 5.41) is 0. The summed E-state index contributed by atoms with van der Waals surface area (Å²) in [5.74, 6) is 1.30. The number of nitrogens with zero attached hydrogens (tertiary/aromatic N) is 2. The van der Waals surface area contributed by atoms with Crippen molar-refractivity contribution in [3.8, 4) is 17.2 Å². The zero-order chi connectivity index (χ0) is 26.5. The third kappa shape index (κ3) is 5.22. The highest BCUT2D eigenvalue weighted by Gasteiger charge is 2.33. The largest absolute Gasteiger partial charge is 0.493 e. The van der Waals surface area contributed by atoms with E-state index in [1.807, 2.05) is 18.2 Å². The molecule has 0 fully saturated rings. The smallest absolute Gasteiger partial charge is 0.338 e. The Labute approximate surface area is 218 Å². The van der Waals surface area contributed by atoms with Crippen LogP contribution in [0.5, 0.6) is 17.2 Å². The summed E-state index contributed by atoms with van der Waals surface area (Å²) >= 11 is 1.26. The van der Waals surface area contributed by atoms with Crippen LogP contribution in [0.15, 0.2) is 76.2 Å². The Morgan fingerprint density at radius 1 is 1.14 bits per heavy atom.